The van der Waals surface area contributed by atoms with Crippen molar-refractivity contribution in [3.63, 3.8) is 0 Å². The molecule has 1 aliphatic heterocycles. The van der Waals surface area contributed by atoms with E-state index in [1.807, 2.05) is 16.8 Å². The quantitative estimate of drug-likeness (QED) is 0.652. The van der Waals surface area contributed by atoms with Gasteiger partial charge in [0.15, 0.2) is 10.8 Å². The summed E-state index contributed by atoms with van der Waals surface area (Å²) in [7, 11) is 0. The second kappa shape index (κ2) is 5.72. The molecule has 0 aliphatic carbocycles. The zero-order valence-corrected chi connectivity index (χ0v) is 15.2. The number of benzene rings is 1. The monoisotopic (exact) mass is 390 g/mol. The van der Waals surface area contributed by atoms with E-state index >= 15 is 0 Å². The van der Waals surface area contributed by atoms with E-state index in [9.17, 15) is 0 Å². The summed E-state index contributed by atoms with van der Waals surface area (Å²) in [5, 5.41) is 5.23. The van der Waals surface area contributed by atoms with Crippen molar-refractivity contribution in [3.8, 4) is 27.8 Å². The molecule has 3 aromatic rings. The molecule has 4 rings (SSSR count). The normalized spacial score (nSPS) is 13.4. The third-order valence-electron chi connectivity index (χ3n) is 3.74. The van der Waals surface area contributed by atoms with Crippen LogP contribution in [0.25, 0.3) is 22.1 Å². The van der Waals surface area contributed by atoms with Gasteiger partial charge in [0.2, 0.25) is 0 Å². The largest absolute Gasteiger partial charge is 0.492 e. The van der Waals surface area contributed by atoms with E-state index in [2.05, 4.69) is 45.9 Å². The van der Waals surface area contributed by atoms with Crippen LogP contribution in [-0.4, -0.2) is 26.4 Å². The molecular formula is C16H15BrN4OS. The third-order valence-corrected chi connectivity index (χ3v) is 5.34. The summed E-state index contributed by atoms with van der Waals surface area (Å²) >= 11 is 5.18. The average molecular weight is 391 g/mol. The Kier molecular flexibility index (Phi) is 3.69. The van der Waals surface area contributed by atoms with Crippen LogP contribution in [0.1, 0.15) is 24.8 Å². The fourth-order valence-electron chi connectivity index (χ4n) is 2.67. The van der Waals surface area contributed by atoms with Gasteiger partial charge < -0.3 is 4.74 Å². The first-order valence-corrected chi connectivity index (χ1v) is 9.06. The van der Waals surface area contributed by atoms with Crippen molar-refractivity contribution in [2.24, 2.45) is 0 Å². The van der Waals surface area contributed by atoms with Crippen LogP contribution < -0.4 is 4.74 Å². The smallest absolute Gasteiger partial charge is 0.187 e. The molecule has 0 atom stereocenters. The number of halogens is 1. The summed E-state index contributed by atoms with van der Waals surface area (Å²) in [4.78, 5) is 10.5. The van der Waals surface area contributed by atoms with E-state index < -0.39 is 0 Å². The molecule has 0 radical (unpaired) electrons. The predicted octanol–water partition coefficient (Wildman–Crippen LogP) is 4.35. The Hall–Kier alpha value is -1.73. The van der Waals surface area contributed by atoms with Gasteiger partial charge in [-0.3, -0.25) is 0 Å². The molecule has 118 valence electrons. The Morgan fingerprint density at radius 3 is 3.04 bits per heavy atom. The molecule has 0 amide bonds. The van der Waals surface area contributed by atoms with Gasteiger partial charge in [0.25, 0.3) is 0 Å². The average Bonchev–Trinajstić information content (AvgIpc) is 3.11. The zero-order chi connectivity index (χ0) is 16.0. The minimum absolute atomic E-state index is 0.253. The summed E-state index contributed by atoms with van der Waals surface area (Å²) in [5.74, 6) is 1.71. The lowest BCUT2D eigenvalue weighted by molar-refractivity contribution is 0.327. The van der Waals surface area contributed by atoms with Crippen molar-refractivity contribution in [1.29, 1.82) is 0 Å². The fourth-order valence-corrected chi connectivity index (χ4v) is 4.06. The molecule has 0 fully saturated rings. The van der Waals surface area contributed by atoms with Crippen LogP contribution in [0.5, 0.6) is 5.75 Å². The number of thiazole rings is 1. The Bertz CT molecular complexity index is 871. The van der Waals surface area contributed by atoms with Gasteiger partial charge in [-0.2, -0.15) is 5.10 Å². The van der Waals surface area contributed by atoms with Gasteiger partial charge in [0, 0.05) is 27.4 Å². The van der Waals surface area contributed by atoms with Gasteiger partial charge in [-0.05, 0) is 32.0 Å². The number of hydrogen-bond acceptors (Lipinski definition) is 5. The molecule has 1 aliphatic rings. The van der Waals surface area contributed by atoms with E-state index in [1.165, 1.54) is 4.88 Å². The highest BCUT2D eigenvalue weighted by molar-refractivity contribution is 9.10. The maximum Gasteiger partial charge on any atom is 0.187 e. The highest BCUT2D eigenvalue weighted by Gasteiger charge is 2.23. The Morgan fingerprint density at radius 2 is 2.22 bits per heavy atom. The van der Waals surface area contributed by atoms with Crippen LogP contribution in [0.4, 0.5) is 0 Å². The van der Waals surface area contributed by atoms with Crippen LogP contribution >= 0.6 is 27.3 Å². The maximum absolute atomic E-state index is 5.87. The molecule has 5 nitrogen and oxygen atoms in total. The molecule has 3 heterocycles. The van der Waals surface area contributed by atoms with E-state index in [-0.39, 0.29) is 6.04 Å². The molecule has 0 bridgehead atoms. The molecule has 1 aromatic carbocycles. The van der Waals surface area contributed by atoms with Crippen molar-refractivity contribution in [1.82, 2.24) is 19.7 Å². The molecule has 0 saturated heterocycles. The second-order valence-corrected chi connectivity index (χ2v) is 7.65. The molecular weight excluding hydrogens is 376 g/mol. The first-order valence-electron chi connectivity index (χ1n) is 7.46. The molecule has 7 heteroatoms. The van der Waals surface area contributed by atoms with Crippen molar-refractivity contribution in [3.05, 3.63) is 33.9 Å². The lowest BCUT2D eigenvalue weighted by Crippen LogP contribution is -2.04. The van der Waals surface area contributed by atoms with Crippen molar-refractivity contribution in [2.75, 3.05) is 6.61 Å². The van der Waals surface area contributed by atoms with Crippen LogP contribution in [0.3, 0.4) is 0 Å². The summed E-state index contributed by atoms with van der Waals surface area (Å²) in [6.45, 7) is 4.85. The second-order valence-electron chi connectivity index (χ2n) is 5.65. The molecule has 0 unspecified atom stereocenters. The molecule has 0 spiro atoms. The number of nitrogens with zero attached hydrogens (tertiary/aromatic N) is 4. The van der Waals surface area contributed by atoms with Crippen molar-refractivity contribution in [2.45, 2.75) is 26.3 Å². The number of hydrogen-bond donors (Lipinski definition) is 0. The summed E-state index contributed by atoms with van der Waals surface area (Å²) in [6, 6.07) is 6.33. The Labute approximate surface area is 146 Å². The SMILES string of the molecule is CC(C)n1ncnc1-c1nc2c(s1)CCOc1cc(Br)ccc1-2. The molecule has 2 aromatic heterocycles. The van der Waals surface area contributed by atoms with E-state index in [0.717, 1.165) is 38.7 Å². The first kappa shape index (κ1) is 14.8. The lowest BCUT2D eigenvalue weighted by Gasteiger charge is -2.08. The van der Waals surface area contributed by atoms with Crippen LogP contribution in [0, 0.1) is 0 Å². The van der Waals surface area contributed by atoms with E-state index in [0.29, 0.717) is 6.61 Å². The third kappa shape index (κ3) is 2.57. The highest BCUT2D eigenvalue weighted by atomic mass is 79.9. The summed E-state index contributed by atoms with van der Waals surface area (Å²) < 4.78 is 8.79. The standard InChI is InChI=1S/C16H15BrN4OS/c1-9(2)21-15(18-8-19-21)16-20-14-11-4-3-10(17)7-12(11)22-6-5-13(14)23-16/h3-4,7-9H,5-6H2,1-2H3. The van der Waals surface area contributed by atoms with Gasteiger partial charge in [-0.25, -0.2) is 14.6 Å². The Balaban J connectivity index is 1.86. The summed E-state index contributed by atoms with van der Waals surface area (Å²) in [5.41, 5.74) is 2.04. The molecule has 0 N–H and O–H groups in total. The predicted molar refractivity (Wildman–Crippen MR) is 93.9 cm³/mol. The first-order chi connectivity index (χ1) is 11.1. The topological polar surface area (TPSA) is 52.8 Å². The molecule has 23 heavy (non-hydrogen) atoms. The van der Waals surface area contributed by atoms with Crippen LogP contribution in [0.15, 0.2) is 29.0 Å². The fraction of sp³-hybridized carbons (Fsp3) is 0.312. The van der Waals surface area contributed by atoms with Gasteiger partial charge in [0.05, 0.1) is 12.3 Å². The maximum atomic E-state index is 5.87. The van der Waals surface area contributed by atoms with Gasteiger partial charge in [-0.1, -0.05) is 15.9 Å². The number of aromatic nitrogens is 4. The lowest BCUT2D eigenvalue weighted by atomic mass is 10.1. The minimum Gasteiger partial charge on any atom is -0.492 e. The zero-order valence-electron chi connectivity index (χ0n) is 12.8. The minimum atomic E-state index is 0.253. The highest BCUT2D eigenvalue weighted by Crippen LogP contribution is 2.40. The summed E-state index contributed by atoms with van der Waals surface area (Å²) in [6.07, 6.45) is 2.45. The van der Waals surface area contributed by atoms with Crippen molar-refractivity contribution >= 4 is 27.3 Å². The van der Waals surface area contributed by atoms with Gasteiger partial charge in [0.1, 0.15) is 12.1 Å². The van der Waals surface area contributed by atoms with Crippen LogP contribution in [0.2, 0.25) is 0 Å². The van der Waals surface area contributed by atoms with E-state index in [4.69, 9.17) is 9.72 Å². The molecule has 0 saturated carbocycles. The van der Waals surface area contributed by atoms with Gasteiger partial charge >= 0.3 is 0 Å². The number of rotatable bonds is 2. The van der Waals surface area contributed by atoms with E-state index in [1.54, 1.807) is 17.7 Å². The Morgan fingerprint density at radius 1 is 1.35 bits per heavy atom. The number of ether oxygens (including phenoxy) is 1. The van der Waals surface area contributed by atoms with Crippen molar-refractivity contribution < 1.29 is 4.74 Å². The number of fused-ring (bicyclic) bond motifs is 3. The van der Waals surface area contributed by atoms with Gasteiger partial charge in [-0.15, -0.1) is 11.3 Å². The van der Waals surface area contributed by atoms with Crippen LogP contribution in [-0.2, 0) is 6.42 Å².